The molecule has 0 unspecified atom stereocenters. The molecule has 0 aromatic heterocycles. The topological polar surface area (TPSA) is 17.1 Å². The summed E-state index contributed by atoms with van der Waals surface area (Å²) in [6.07, 6.45) is 0. The molecule has 4 heteroatoms. The Morgan fingerprint density at radius 2 is 1.67 bits per heavy atom. The molecule has 0 bridgehead atoms. The zero-order valence-corrected chi connectivity index (χ0v) is 5.31. The summed E-state index contributed by atoms with van der Waals surface area (Å²) in [4.78, 5) is 0. The second-order valence-electron chi connectivity index (χ2n) is 0.658. The van der Waals surface area contributed by atoms with E-state index in [0.717, 1.165) is 0 Å². The van der Waals surface area contributed by atoms with Crippen molar-refractivity contribution in [1.82, 2.24) is 0 Å². The van der Waals surface area contributed by atoms with Crippen molar-refractivity contribution in [2.24, 2.45) is 0 Å². The highest BCUT2D eigenvalue weighted by atomic mass is 35.5. The summed E-state index contributed by atoms with van der Waals surface area (Å²) in [5.41, 5.74) is 0. The summed E-state index contributed by atoms with van der Waals surface area (Å²) >= 11 is 10.1. The first-order chi connectivity index (χ1) is 2.81. The van der Waals surface area contributed by atoms with Crippen LogP contribution in [0.25, 0.3) is 0 Å². The molecular weight excluding hydrogens is 143 g/mol. The molecule has 1 nitrogen and oxygen atoms in total. The minimum atomic E-state index is -1.00. The summed E-state index contributed by atoms with van der Waals surface area (Å²) in [7, 11) is -1.00. The van der Waals surface area contributed by atoms with Crippen LogP contribution < -0.4 is 0 Å². The van der Waals surface area contributed by atoms with Crippen molar-refractivity contribution in [1.29, 1.82) is 0 Å². The van der Waals surface area contributed by atoms with Crippen molar-refractivity contribution >= 4 is 34.0 Å². The molecular formula is C2H4Cl2OS. The normalized spacial score (nSPS) is 9.83. The molecule has 0 fully saturated rings. The minimum Gasteiger partial charge on any atom is -0.257 e. The molecule has 0 radical (unpaired) electrons. The van der Waals surface area contributed by atoms with Crippen molar-refractivity contribution < 1.29 is 4.21 Å². The number of alkyl halides is 2. The number of halogens is 2. The van der Waals surface area contributed by atoms with E-state index in [1.54, 1.807) is 0 Å². The minimum absolute atomic E-state index is 0.142. The van der Waals surface area contributed by atoms with Crippen molar-refractivity contribution in [2.45, 2.75) is 0 Å². The first kappa shape index (κ1) is 6.73. The zero-order valence-electron chi connectivity index (χ0n) is 2.99. The third-order valence-corrected chi connectivity index (χ3v) is 2.19. The lowest BCUT2D eigenvalue weighted by molar-refractivity contribution is 0.688. The summed E-state index contributed by atoms with van der Waals surface area (Å²) < 4.78 is 10.0. The Labute approximate surface area is 49.1 Å². The Hall–Kier alpha value is 0.730. The standard InChI is InChI=1S/C2H4Cl2OS/c3-1-6(5)2-4/h1-2H2. The van der Waals surface area contributed by atoms with Gasteiger partial charge in [-0.2, -0.15) is 0 Å². The highest BCUT2D eigenvalue weighted by Gasteiger charge is 1.87. The lowest BCUT2D eigenvalue weighted by Gasteiger charge is -1.80. The first-order valence-electron chi connectivity index (χ1n) is 1.28. The highest BCUT2D eigenvalue weighted by molar-refractivity contribution is 7.87. The quantitative estimate of drug-likeness (QED) is 0.535. The third kappa shape index (κ3) is 2.94. The molecule has 0 amide bonds. The third-order valence-electron chi connectivity index (χ3n) is 0.243. The van der Waals surface area contributed by atoms with Crippen LogP contribution in [-0.2, 0) is 10.8 Å². The molecule has 0 rings (SSSR count). The van der Waals surface area contributed by atoms with Crippen LogP contribution in [0.5, 0.6) is 0 Å². The van der Waals surface area contributed by atoms with Crippen LogP contribution in [0.4, 0.5) is 0 Å². The fourth-order valence-electron chi connectivity index (χ4n) is 0.0292. The van der Waals surface area contributed by atoms with Gasteiger partial charge in [0.2, 0.25) is 0 Å². The van der Waals surface area contributed by atoms with E-state index in [-0.39, 0.29) is 10.4 Å². The summed E-state index contributed by atoms with van der Waals surface area (Å²) in [6.45, 7) is 0. The maximum atomic E-state index is 10.0. The van der Waals surface area contributed by atoms with Crippen LogP contribution in [-0.4, -0.2) is 14.6 Å². The van der Waals surface area contributed by atoms with Crippen molar-refractivity contribution in [2.75, 3.05) is 10.4 Å². The van der Waals surface area contributed by atoms with E-state index >= 15 is 0 Å². The van der Waals surface area contributed by atoms with Gasteiger partial charge in [-0.1, -0.05) is 0 Å². The van der Waals surface area contributed by atoms with Gasteiger partial charge >= 0.3 is 0 Å². The highest BCUT2D eigenvalue weighted by Crippen LogP contribution is 1.87. The second-order valence-corrected chi connectivity index (χ2v) is 3.28. The fourth-order valence-corrected chi connectivity index (χ4v) is 0.787. The van der Waals surface area contributed by atoms with Crippen LogP contribution in [0.3, 0.4) is 0 Å². The molecule has 0 saturated heterocycles. The monoisotopic (exact) mass is 146 g/mol. The number of hydrogen-bond donors (Lipinski definition) is 0. The van der Waals surface area contributed by atoms with Gasteiger partial charge in [-0.05, 0) is 0 Å². The van der Waals surface area contributed by atoms with Crippen LogP contribution in [0.2, 0.25) is 0 Å². The van der Waals surface area contributed by atoms with E-state index < -0.39 is 10.8 Å². The molecule has 6 heavy (non-hydrogen) atoms. The lowest BCUT2D eigenvalue weighted by atomic mass is 11.9. The molecule has 38 valence electrons. The van der Waals surface area contributed by atoms with Gasteiger partial charge in [0.25, 0.3) is 0 Å². The Balaban J connectivity index is 2.99. The van der Waals surface area contributed by atoms with Gasteiger partial charge in [0.05, 0.1) is 21.2 Å². The van der Waals surface area contributed by atoms with Crippen LogP contribution in [0.1, 0.15) is 0 Å². The SMILES string of the molecule is O=S(CCl)CCl. The Morgan fingerprint density at radius 1 is 1.33 bits per heavy atom. The molecule has 0 heterocycles. The van der Waals surface area contributed by atoms with Crippen LogP contribution in [0.15, 0.2) is 0 Å². The molecule has 0 aromatic carbocycles. The van der Waals surface area contributed by atoms with E-state index in [1.165, 1.54) is 0 Å². The van der Waals surface area contributed by atoms with Crippen molar-refractivity contribution in [3.05, 3.63) is 0 Å². The summed E-state index contributed by atoms with van der Waals surface area (Å²) in [5.74, 6) is 0. The Kier molecular flexibility index (Phi) is 4.38. The van der Waals surface area contributed by atoms with Crippen LogP contribution >= 0.6 is 23.2 Å². The average Bonchev–Trinajstić information content (AvgIpc) is 1.65. The van der Waals surface area contributed by atoms with Crippen LogP contribution in [0, 0.1) is 0 Å². The second kappa shape index (κ2) is 3.90. The lowest BCUT2D eigenvalue weighted by Crippen LogP contribution is -1.88. The molecule has 0 saturated carbocycles. The van der Waals surface area contributed by atoms with Gasteiger partial charge < -0.3 is 0 Å². The predicted molar refractivity (Wildman–Crippen MR) is 29.6 cm³/mol. The van der Waals surface area contributed by atoms with Gasteiger partial charge in [0, 0.05) is 0 Å². The molecule has 0 aliphatic carbocycles. The predicted octanol–water partition coefficient (Wildman–Crippen LogP) is 1.13. The van der Waals surface area contributed by atoms with Gasteiger partial charge in [0.15, 0.2) is 0 Å². The maximum absolute atomic E-state index is 10.0. The molecule has 0 spiro atoms. The average molecular weight is 147 g/mol. The van der Waals surface area contributed by atoms with Gasteiger partial charge in [0.1, 0.15) is 0 Å². The molecule has 0 aliphatic rings. The summed E-state index contributed by atoms with van der Waals surface area (Å²) in [6, 6.07) is 0. The van der Waals surface area contributed by atoms with Gasteiger partial charge in [-0.25, -0.2) is 0 Å². The zero-order chi connectivity index (χ0) is 4.99. The summed E-state index contributed by atoms with van der Waals surface area (Å²) in [5, 5.41) is 0.285. The van der Waals surface area contributed by atoms with E-state index in [9.17, 15) is 4.21 Å². The van der Waals surface area contributed by atoms with E-state index in [4.69, 9.17) is 23.2 Å². The van der Waals surface area contributed by atoms with Crippen molar-refractivity contribution in [3.63, 3.8) is 0 Å². The maximum Gasteiger partial charge on any atom is 0.0991 e. The van der Waals surface area contributed by atoms with Gasteiger partial charge in [-0.3, -0.25) is 4.21 Å². The Morgan fingerprint density at radius 3 is 1.67 bits per heavy atom. The first-order valence-corrected chi connectivity index (χ1v) is 3.84. The smallest absolute Gasteiger partial charge is 0.0991 e. The largest absolute Gasteiger partial charge is 0.257 e. The van der Waals surface area contributed by atoms with Gasteiger partial charge in [-0.15, -0.1) is 23.2 Å². The number of rotatable bonds is 2. The number of hydrogen-bond acceptors (Lipinski definition) is 1. The molecule has 0 aliphatic heterocycles. The van der Waals surface area contributed by atoms with E-state index in [2.05, 4.69) is 0 Å². The Bertz CT molecular complexity index is 49.5. The van der Waals surface area contributed by atoms with E-state index in [0.29, 0.717) is 0 Å². The van der Waals surface area contributed by atoms with E-state index in [1.807, 2.05) is 0 Å². The fraction of sp³-hybridized carbons (Fsp3) is 1.00. The molecule has 0 aromatic rings. The molecule has 0 N–H and O–H groups in total. The van der Waals surface area contributed by atoms with Crippen molar-refractivity contribution in [3.8, 4) is 0 Å². The molecule has 0 atom stereocenters.